The third-order valence-corrected chi connectivity index (χ3v) is 6.99. The molecule has 0 bridgehead atoms. The second-order valence-electron chi connectivity index (χ2n) is 9.24. The molecule has 0 spiro atoms. The Balaban J connectivity index is 1.47. The van der Waals surface area contributed by atoms with Gasteiger partial charge in [-0.25, -0.2) is 19.5 Å². The van der Waals surface area contributed by atoms with Gasteiger partial charge in [0.25, 0.3) is 5.91 Å². The molecule has 1 saturated heterocycles. The lowest BCUT2D eigenvalue weighted by molar-refractivity contribution is -0.123. The van der Waals surface area contributed by atoms with E-state index in [2.05, 4.69) is 15.6 Å². The van der Waals surface area contributed by atoms with Crippen molar-refractivity contribution in [3.05, 3.63) is 48.2 Å². The van der Waals surface area contributed by atoms with E-state index in [9.17, 15) is 27.6 Å². The van der Waals surface area contributed by atoms with E-state index in [1.165, 1.54) is 35.4 Å². The number of carbonyl (C=O) groups excluding carboxylic acids is 3. The van der Waals surface area contributed by atoms with Crippen molar-refractivity contribution >= 4 is 41.2 Å². The van der Waals surface area contributed by atoms with Crippen LogP contribution in [0.1, 0.15) is 45.1 Å². The number of aromatic nitrogens is 1. The van der Waals surface area contributed by atoms with Gasteiger partial charge in [0.1, 0.15) is 11.4 Å². The van der Waals surface area contributed by atoms with Gasteiger partial charge >= 0.3 is 17.6 Å². The molecule has 2 heterocycles. The first-order chi connectivity index (χ1) is 16.9. The summed E-state index contributed by atoms with van der Waals surface area (Å²) in [7, 11) is 0. The van der Waals surface area contributed by atoms with Gasteiger partial charge in [0.2, 0.25) is 0 Å². The molecular formula is C24H26F3N5O3S. The Kier molecular flexibility index (Phi) is 7.17. The molecule has 192 valence electrons. The highest BCUT2D eigenvalue weighted by atomic mass is 32.2. The first-order valence-electron chi connectivity index (χ1n) is 11.5. The van der Waals surface area contributed by atoms with Crippen LogP contribution in [0, 0.1) is 0 Å². The van der Waals surface area contributed by atoms with Gasteiger partial charge in [-0.05, 0) is 80.4 Å². The molecule has 5 amide bonds. The Labute approximate surface area is 210 Å². The molecule has 1 aromatic heterocycles. The molecule has 1 saturated carbocycles. The van der Waals surface area contributed by atoms with Crippen molar-refractivity contribution in [1.29, 1.82) is 0 Å². The van der Waals surface area contributed by atoms with Crippen LogP contribution in [-0.4, -0.2) is 44.9 Å². The molecule has 2 aliphatic rings. The Bertz CT molecular complexity index is 1150. The largest absolute Gasteiger partial charge is 0.446 e. The molecule has 36 heavy (non-hydrogen) atoms. The molecule has 2 N–H and O–H groups in total. The summed E-state index contributed by atoms with van der Waals surface area (Å²) in [6.45, 7) is 3.28. The molecule has 1 aliphatic carbocycles. The number of alkyl halides is 3. The predicted octanol–water partition coefficient (Wildman–Crippen LogP) is 5.51. The maximum Gasteiger partial charge on any atom is 0.446 e. The number of nitrogens with zero attached hydrogens (tertiary/aromatic N) is 3. The summed E-state index contributed by atoms with van der Waals surface area (Å²) in [6.07, 6.45) is 5.57. The number of halogens is 3. The number of imide groups is 1. The minimum Gasteiger partial charge on any atom is -0.335 e. The number of amides is 5. The number of nitrogens with one attached hydrogen (secondary N) is 2. The average molecular weight is 522 g/mol. The second-order valence-corrected chi connectivity index (χ2v) is 10.4. The maximum absolute atomic E-state index is 13.3. The highest BCUT2D eigenvalue weighted by Crippen LogP contribution is 2.39. The minimum absolute atomic E-state index is 0.0461. The topological polar surface area (TPSA) is 94.6 Å². The fraction of sp³-hybridized carbons (Fsp3) is 0.417. The van der Waals surface area contributed by atoms with E-state index in [1.807, 2.05) is 0 Å². The van der Waals surface area contributed by atoms with E-state index < -0.39 is 23.0 Å². The highest BCUT2D eigenvalue weighted by Gasteiger charge is 2.51. The summed E-state index contributed by atoms with van der Waals surface area (Å²) in [4.78, 5) is 45.1. The quantitative estimate of drug-likeness (QED) is 0.386. The lowest BCUT2D eigenvalue weighted by atomic mass is 10.0. The van der Waals surface area contributed by atoms with Crippen molar-refractivity contribution in [1.82, 2.24) is 15.2 Å². The molecule has 4 rings (SSSR count). The van der Waals surface area contributed by atoms with Crippen molar-refractivity contribution < 1.29 is 27.6 Å². The molecule has 0 atom stereocenters. The number of carbonyl (C=O) groups is 3. The van der Waals surface area contributed by atoms with E-state index >= 15 is 0 Å². The first kappa shape index (κ1) is 25.8. The Morgan fingerprint density at radius 1 is 1.14 bits per heavy atom. The second kappa shape index (κ2) is 10.00. The van der Waals surface area contributed by atoms with Gasteiger partial charge in [-0.2, -0.15) is 13.2 Å². The van der Waals surface area contributed by atoms with Crippen molar-refractivity contribution in [2.45, 2.75) is 68.1 Å². The lowest BCUT2D eigenvalue weighted by Gasteiger charge is -2.27. The van der Waals surface area contributed by atoms with Crippen LogP contribution in [0.15, 0.2) is 47.5 Å². The molecule has 0 unspecified atom stereocenters. The van der Waals surface area contributed by atoms with Gasteiger partial charge in [0.15, 0.2) is 0 Å². The molecule has 0 radical (unpaired) electrons. The van der Waals surface area contributed by atoms with Crippen LogP contribution in [0.5, 0.6) is 0 Å². The standard InChI is InChI=1S/C24H26F3N5O3S/c1-23(2)20(33)32(17-7-9-18(10-8-17)36-24(25,26)27)22(35)31(23)14-15-11-12-28-19(13-15)30-21(34)29-16-5-3-4-6-16/h7-13,16H,3-6,14H2,1-2H3,(H2,28,29,30,34). The zero-order chi connectivity index (χ0) is 26.1. The monoisotopic (exact) mass is 521 g/mol. The van der Waals surface area contributed by atoms with Crippen LogP contribution >= 0.6 is 11.8 Å². The third kappa shape index (κ3) is 5.75. The molecule has 2 fully saturated rings. The third-order valence-electron chi connectivity index (χ3n) is 6.25. The summed E-state index contributed by atoms with van der Waals surface area (Å²) in [6, 6.07) is 7.61. The smallest absolute Gasteiger partial charge is 0.335 e. The van der Waals surface area contributed by atoms with Crippen molar-refractivity contribution in [3.63, 3.8) is 0 Å². The summed E-state index contributed by atoms with van der Waals surface area (Å²) in [5, 5.41) is 5.62. The van der Waals surface area contributed by atoms with Gasteiger partial charge in [-0.3, -0.25) is 10.1 Å². The van der Waals surface area contributed by atoms with Crippen LogP contribution in [0.3, 0.4) is 0 Å². The maximum atomic E-state index is 13.3. The fourth-order valence-electron chi connectivity index (χ4n) is 4.36. The van der Waals surface area contributed by atoms with Gasteiger partial charge in [-0.1, -0.05) is 12.8 Å². The molecule has 12 heteroatoms. The fourth-order valence-corrected chi connectivity index (χ4v) is 4.90. The first-order valence-corrected chi connectivity index (χ1v) is 12.3. The zero-order valence-corrected chi connectivity index (χ0v) is 20.6. The SMILES string of the molecule is CC1(C)C(=O)N(c2ccc(SC(F)(F)F)cc2)C(=O)N1Cc1ccnc(NC(=O)NC2CCCC2)c1. The molecular weight excluding hydrogens is 495 g/mol. The van der Waals surface area contributed by atoms with Crippen LogP contribution in [0.4, 0.5) is 34.3 Å². The average Bonchev–Trinajstić information content (AvgIpc) is 3.35. The Morgan fingerprint density at radius 2 is 1.81 bits per heavy atom. The van der Waals surface area contributed by atoms with Crippen LogP contribution in [0.25, 0.3) is 0 Å². The highest BCUT2D eigenvalue weighted by molar-refractivity contribution is 8.00. The summed E-state index contributed by atoms with van der Waals surface area (Å²) in [5.41, 5.74) is -4.80. The summed E-state index contributed by atoms with van der Waals surface area (Å²) in [5.74, 6) is -0.180. The predicted molar refractivity (Wildman–Crippen MR) is 130 cm³/mol. The van der Waals surface area contributed by atoms with Crippen molar-refractivity contribution in [3.8, 4) is 0 Å². The molecule has 1 aromatic carbocycles. The number of hydrogen-bond donors (Lipinski definition) is 2. The molecule has 1 aliphatic heterocycles. The van der Waals surface area contributed by atoms with Crippen molar-refractivity contribution in [2.75, 3.05) is 10.2 Å². The molecule has 2 aromatic rings. The number of anilines is 2. The Hall–Kier alpha value is -3.28. The normalized spacial score (nSPS) is 18.1. The minimum atomic E-state index is -4.44. The van der Waals surface area contributed by atoms with E-state index in [-0.39, 0.29) is 41.0 Å². The van der Waals surface area contributed by atoms with Crippen LogP contribution in [-0.2, 0) is 11.3 Å². The number of pyridine rings is 1. The summed E-state index contributed by atoms with van der Waals surface area (Å²) < 4.78 is 37.9. The lowest BCUT2D eigenvalue weighted by Crippen LogP contribution is -2.43. The van der Waals surface area contributed by atoms with E-state index in [4.69, 9.17) is 0 Å². The van der Waals surface area contributed by atoms with Gasteiger partial charge in [0.05, 0.1) is 5.69 Å². The van der Waals surface area contributed by atoms with Crippen LogP contribution < -0.4 is 15.5 Å². The van der Waals surface area contributed by atoms with Crippen LogP contribution in [0.2, 0.25) is 0 Å². The summed E-state index contributed by atoms with van der Waals surface area (Å²) >= 11 is -0.269. The van der Waals surface area contributed by atoms with E-state index in [0.29, 0.717) is 11.4 Å². The number of benzene rings is 1. The number of rotatable bonds is 6. The number of thioether (sulfide) groups is 1. The van der Waals surface area contributed by atoms with E-state index in [0.717, 1.165) is 30.6 Å². The number of urea groups is 2. The van der Waals surface area contributed by atoms with Gasteiger partial charge in [-0.15, -0.1) is 0 Å². The number of hydrogen-bond acceptors (Lipinski definition) is 5. The Morgan fingerprint density at radius 3 is 2.44 bits per heavy atom. The van der Waals surface area contributed by atoms with Gasteiger partial charge in [0, 0.05) is 23.7 Å². The van der Waals surface area contributed by atoms with E-state index in [1.54, 1.807) is 26.0 Å². The zero-order valence-electron chi connectivity index (χ0n) is 19.8. The van der Waals surface area contributed by atoms with Gasteiger partial charge < -0.3 is 10.2 Å². The van der Waals surface area contributed by atoms with Crippen molar-refractivity contribution in [2.24, 2.45) is 0 Å². The molecule has 8 nitrogen and oxygen atoms in total.